The second-order valence-electron chi connectivity index (χ2n) is 6.63. The predicted octanol–water partition coefficient (Wildman–Crippen LogP) is 4.54. The standard InChI is InChI=1S/C19H16F3N5O.ClH/c1-11-14(3-2-8-23-11)18(28)25-13-6-7-17(24-10-13)27-15(12-4-5-12)9-16(26-27)19(20,21)22;/h2-3,6-10,12H,4-5H2,1H3,(H,25,28);1H. The number of carbonyl (C=O) groups is 1. The monoisotopic (exact) mass is 423 g/mol. The maximum absolute atomic E-state index is 13.0. The lowest BCUT2D eigenvalue weighted by Crippen LogP contribution is -2.14. The Morgan fingerprint density at radius 2 is 1.97 bits per heavy atom. The van der Waals surface area contributed by atoms with E-state index in [4.69, 9.17) is 0 Å². The van der Waals surface area contributed by atoms with Crippen molar-refractivity contribution in [2.75, 3.05) is 5.32 Å². The molecule has 1 fully saturated rings. The van der Waals surface area contributed by atoms with Crippen molar-refractivity contribution in [3.05, 3.63) is 65.4 Å². The number of hydrogen-bond acceptors (Lipinski definition) is 4. The van der Waals surface area contributed by atoms with Crippen LogP contribution in [-0.2, 0) is 6.18 Å². The molecule has 1 saturated carbocycles. The minimum atomic E-state index is -4.51. The highest BCUT2D eigenvalue weighted by atomic mass is 35.5. The van der Waals surface area contributed by atoms with Gasteiger partial charge in [0.25, 0.3) is 5.91 Å². The molecular weight excluding hydrogens is 407 g/mol. The minimum Gasteiger partial charge on any atom is -0.321 e. The molecule has 3 heterocycles. The van der Waals surface area contributed by atoms with E-state index in [9.17, 15) is 18.0 Å². The summed E-state index contributed by atoms with van der Waals surface area (Å²) in [6.07, 6.45) is 0.150. The minimum absolute atomic E-state index is 0. The largest absolute Gasteiger partial charge is 0.435 e. The molecule has 0 saturated heterocycles. The van der Waals surface area contributed by atoms with Gasteiger partial charge in [-0.15, -0.1) is 12.4 Å². The fourth-order valence-corrected chi connectivity index (χ4v) is 2.90. The average molecular weight is 424 g/mol. The zero-order valence-electron chi connectivity index (χ0n) is 15.3. The van der Waals surface area contributed by atoms with Gasteiger partial charge in [0.15, 0.2) is 11.5 Å². The average Bonchev–Trinajstić information content (AvgIpc) is 3.39. The molecule has 1 amide bonds. The molecule has 0 spiro atoms. The molecule has 0 bridgehead atoms. The van der Waals surface area contributed by atoms with Gasteiger partial charge in [0.05, 0.1) is 17.4 Å². The van der Waals surface area contributed by atoms with E-state index in [0.717, 1.165) is 18.9 Å². The highest BCUT2D eigenvalue weighted by Crippen LogP contribution is 2.42. The quantitative estimate of drug-likeness (QED) is 0.668. The van der Waals surface area contributed by atoms with E-state index in [1.165, 1.54) is 16.9 Å². The number of hydrogen-bond donors (Lipinski definition) is 1. The Morgan fingerprint density at radius 3 is 2.55 bits per heavy atom. The molecule has 1 N–H and O–H groups in total. The van der Waals surface area contributed by atoms with Crippen molar-refractivity contribution < 1.29 is 18.0 Å². The van der Waals surface area contributed by atoms with Crippen LogP contribution in [0.4, 0.5) is 18.9 Å². The first-order valence-corrected chi connectivity index (χ1v) is 8.69. The van der Waals surface area contributed by atoms with Gasteiger partial charge < -0.3 is 5.32 Å². The van der Waals surface area contributed by atoms with Crippen molar-refractivity contribution in [3.63, 3.8) is 0 Å². The van der Waals surface area contributed by atoms with E-state index in [1.54, 1.807) is 31.3 Å². The van der Waals surface area contributed by atoms with Gasteiger partial charge in [-0.2, -0.15) is 18.3 Å². The third-order valence-corrected chi connectivity index (χ3v) is 4.50. The lowest BCUT2D eigenvalue weighted by molar-refractivity contribution is -0.141. The summed E-state index contributed by atoms with van der Waals surface area (Å²) in [5.74, 6) is 0.00330. The highest BCUT2D eigenvalue weighted by molar-refractivity contribution is 6.04. The summed E-state index contributed by atoms with van der Waals surface area (Å²) in [6.45, 7) is 1.73. The maximum atomic E-state index is 13.0. The van der Waals surface area contributed by atoms with Crippen molar-refractivity contribution in [3.8, 4) is 5.82 Å². The number of alkyl halides is 3. The van der Waals surface area contributed by atoms with Gasteiger partial charge in [-0.25, -0.2) is 9.67 Å². The van der Waals surface area contributed by atoms with Crippen LogP contribution < -0.4 is 5.32 Å². The van der Waals surface area contributed by atoms with Crippen molar-refractivity contribution in [2.45, 2.75) is 31.9 Å². The van der Waals surface area contributed by atoms with Crippen LogP contribution >= 0.6 is 12.4 Å². The second kappa shape index (κ2) is 7.82. The van der Waals surface area contributed by atoms with E-state index in [2.05, 4.69) is 20.4 Å². The molecule has 3 aromatic rings. The van der Waals surface area contributed by atoms with E-state index in [1.807, 2.05) is 0 Å². The van der Waals surface area contributed by atoms with Gasteiger partial charge >= 0.3 is 6.18 Å². The van der Waals surface area contributed by atoms with Gasteiger partial charge in [-0.05, 0) is 50.1 Å². The Labute approximate surface area is 170 Å². The first-order chi connectivity index (χ1) is 13.3. The van der Waals surface area contributed by atoms with E-state index < -0.39 is 11.9 Å². The van der Waals surface area contributed by atoms with Crippen molar-refractivity contribution in [2.24, 2.45) is 0 Å². The third kappa shape index (κ3) is 4.40. The summed E-state index contributed by atoms with van der Waals surface area (Å²) in [5.41, 5.74) is 1.02. The number of aromatic nitrogens is 4. The van der Waals surface area contributed by atoms with E-state index in [0.29, 0.717) is 22.6 Å². The summed E-state index contributed by atoms with van der Waals surface area (Å²) in [6, 6.07) is 7.52. The normalized spacial score (nSPS) is 13.7. The molecule has 0 atom stereocenters. The summed E-state index contributed by atoms with van der Waals surface area (Å²) >= 11 is 0. The Kier molecular flexibility index (Phi) is 5.61. The van der Waals surface area contributed by atoms with Gasteiger partial charge in [-0.1, -0.05) is 0 Å². The predicted molar refractivity (Wildman–Crippen MR) is 103 cm³/mol. The first kappa shape index (κ1) is 20.8. The Balaban J connectivity index is 0.00000240. The summed E-state index contributed by atoms with van der Waals surface area (Å²) < 4.78 is 40.3. The Hall–Kier alpha value is -2.94. The highest BCUT2D eigenvalue weighted by Gasteiger charge is 2.38. The lowest BCUT2D eigenvalue weighted by atomic mass is 10.2. The molecule has 0 aromatic carbocycles. The number of amides is 1. The molecule has 3 aromatic heterocycles. The molecule has 10 heteroatoms. The van der Waals surface area contributed by atoms with Crippen LogP contribution in [0.15, 0.2) is 42.7 Å². The SMILES string of the molecule is Cc1ncccc1C(=O)Nc1ccc(-n2nc(C(F)(F)F)cc2C2CC2)nc1.Cl. The molecule has 152 valence electrons. The van der Waals surface area contributed by atoms with Gasteiger partial charge in [0.2, 0.25) is 0 Å². The van der Waals surface area contributed by atoms with Crippen LogP contribution in [0.3, 0.4) is 0 Å². The number of aryl methyl sites for hydroxylation is 1. The Morgan fingerprint density at radius 1 is 1.21 bits per heavy atom. The van der Waals surface area contributed by atoms with Crippen LogP contribution in [-0.4, -0.2) is 25.7 Å². The maximum Gasteiger partial charge on any atom is 0.435 e. The smallest absolute Gasteiger partial charge is 0.321 e. The molecule has 0 radical (unpaired) electrons. The van der Waals surface area contributed by atoms with E-state index >= 15 is 0 Å². The number of nitrogens with one attached hydrogen (secondary N) is 1. The zero-order valence-corrected chi connectivity index (χ0v) is 16.1. The molecule has 1 aliphatic carbocycles. The second-order valence-corrected chi connectivity index (χ2v) is 6.63. The van der Waals surface area contributed by atoms with Gasteiger partial charge in [-0.3, -0.25) is 9.78 Å². The summed E-state index contributed by atoms with van der Waals surface area (Å²) in [4.78, 5) is 20.6. The number of halogens is 4. The molecule has 6 nitrogen and oxygen atoms in total. The van der Waals surface area contributed by atoms with E-state index in [-0.39, 0.29) is 30.0 Å². The molecular formula is C19H17ClF3N5O. The fraction of sp³-hybridized carbons (Fsp3) is 0.263. The number of anilines is 1. The van der Waals surface area contributed by atoms with Crippen LogP contribution in [0, 0.1) is 6.92 Å². The third-order valence-electron chi connectivity index (χ3n) is 4.50. The number of pyridine rings is 2. The summed E-state index contributed by atoms with van der Waals surface area (Å²) in [7, 11) is 0. The number of carbonyl (C=O) groups excluding carboxylic acids is 1. The molecule has 1 aliphatic rings. The molecule has 0 aliphatic heterocycles. The lowest BCUT2D eigenvalue weighted by Gasteiger charge is -2.09. The van der Waals surface area contributed by atoms with Crippen LogP contribution in [0.2, 0.25) is 0 Å². The van der Waals surface area contributed by atoms with Crippen molar-refractivity contribution >= 4 is 24.0 Å². The van der Waals surface area contributed by atoms with Crippen molar-refractivity contribution in [1.82, 2.24) is 19.7 Å². The van der Waals surface area contributed by atoms with Gasteiger partial charge in [0, 0.05) is 23.5 Å². The number of rotatable bonds is 4. The number of nitrogens with zero attached hydrogens (tertiary/aromatic N) is 4. The molecule has 29 heavy (non-hydrogen) atoms. The fourth-order valence-electron chi connectivity index (χ4n) is 2.90. The van der Waals surface area contributed by atoms with Crippen LogP contribution in [0.5, 0.6) is 0 Å². The summed E-state index contributed by atoms with van der Waals surface area (Å²) in [5, 5.41) is 6.40. The molecule has 0 unspecified atom stereocenters. The topological polar surface area (TPSA) is 72.7 Å². The van der Waals surface area contributed by atoms with Gasteiger partial charge in [0.1, 0.15) is 0 Å². The molecule has 4 rings (SSSR count). The first-order valence-electron chi connectivity index (χ1n) is 8.69. The van der Waals surface area contributed by atoms with Crippen LogP contribution in [0.25, 0.3) is 5.82 Å². The van der Waals surface area contributed by atoms with Crippen LogP contribution in [0.1, 0.15) is 46.2 Å². The Bertz CT molecular complexity index is 1030. The van der Waals surface area contributed by atoms with Crippen molar-refractivity contribution in [1.29, 1.82) is 0 Å². The zero-order chi connectivity index (χ0) is 19.9.